The van der Waals surface area contributed by atoms with Crippen LogP contribution in [-0.4, -0.2) is 80.8 Å². The molecule has 0 aromatic heterocycles. The molecule has 8 heteroatoms. The normalized spacial score (nSPS) is 22.1. The van der Waals surface area contributed by atoms with Crippen molar-refractivity contribution in [3.8, 4) is 0 Å². The molecule has 1 unspecified atom stereocenters. The van der Waals surface area contributed by atoms with Crippen LogP contribution in [-0.2, 0) is 4.74 Å². The molecular weight excluding hydrogens is 457 g/mol. The molecule has 2 aliphatic heterocycles. The van der Waals surface area contributed by atoms with Gasteiger partial charge in [-0.05, 0) is 58.0 Å². The van der Waals surface area contributed by atoms with Gasteiger partial charge in [0.05, 0.1) is 6.61 Å². The number of halogens is 1. The van der Waals surface area contributed by atoms with Gasteiger partial charge >= 0.3 is 6.09 Å². The molecule has 2 fully saturated rings. The van der Waals surface area contributed by atoms with E-state index < -0.39 is 0 Å². The Balaban J connectivity index is 0.00000364. The Morgan fingerprint density at radius 3 is 2.59 bits per heavy atom. The topological polar surface area (TPSA) is 69.2 Å². The average molecular weight is 495 g/mol. The summed E-state index contributed by atoms with van der Waals surface area (Å²) >= 11 is 0. The third-order valence-electron chi connectivity index (χ3n) is 5.27. The molecule has 2 heterocycles. The van der Waals surface area contributed by atoms with Crippen LogP contribution < -0.4 is 10.6 Å². The number of hydrogen-bond donors (Lipinski definition) is 2. The highest BCUT2D eigenvalue weighted by atomic mass is 127. The van der Waals surface area contributed by atoms with Crippen LogP contribution in [0.3, 0.4) is 0 Å². The van der Waals surface area contributed by atoms with Crippen molar-refractivity contribution in [1.82, 2.24) is 20.4 Å². The first-order valence-electron chi connectivity index (χ1n) is 10.2. The van der Waals surface area contributed by atoms with E-state index in [-0.39, 0.29) is 30.1 Å². The maximum absolute atomic E-state index is 11.8. The van der Waals surface area contributed by atoms with Gasteiger partial charge in [0.2, 0.25) is 0 Å². The molecule has 2 rings (SSSR count). The summed E-state index contributed by atoms with van der Waals surface area (Å²) < 4.78 is 5.07. The van der Waals surface area contributed by atoms with Gasteiger partial charge in [0.1, 0.15) is 0 Å². The molecule has 2 saturated heterocycles. The lowest BCUT2D eigenvalue weighted by molar-refractivity contribution is 0.0963. The van der Waals surface area contributed by atoms with Gasteiger partial charge in [-0.3, -0.25) is 4.99 Å². The van der Waals surface area contributed by atoms with Crippen molar-refractivity contribution in [3.63, 3.8) is 0 Å². The van der Waals surface area contributed by atoms with E-state index in [0.29, 0.717) is 12.6 Å². The predicted molar refractivity (Wildman–Crippen MR) is 121 cm³/mol. The van der Waals surface area contributed by atoms with Crippen molar-refractivity contribution < 1.29 is 9.53 Å². The van der Waals surface area contributed by atoms with Gasteiger partial charge < -0.3 is 25.2 Å². The summed E-state index contributed by atoms with van der Waals surface area (Å²) in [5.41, 5.74) is 0. The second-order valence-corrected chi connectivity index (χ2v) is 7.51. The Kier molecular flexibility index (Phi) is 12.1. The van der Waals surface area contributed by atoms with Gasteiger partial charge in [-0.25, -0.2) is 4.79 Å². The number of piperidine rings is 2. The number of carbonyl (C=O) groups excluding carboxylic acids is 1. The number of amides is 1. The minimum Gasteiger partial charge on any atom is -0.450 e. The zero-order valence-electron chi connectivity index (χ0n) is 17.2. The number of ether oxygens (including phenoxy) is 1. The molecule has 2 N–H and O–H groups in total. The Morgan fingerprint density at radius 1 is 1.22 bits per heavy atom. The highest BCUT2D eigenvalue weighted by Crippen LogP contribution is 2.15. The summed E-state index contributed by atoms with van der Waals surface area (Å²) in [6, 6.07) is 0.356. The van der Waals surface area contributed by atoms with Crippen LogP contribution in [0.5, 0.6) is 0 Å². The van der Waals surface area contributed by atoms with Crippen LogP contribution in [0.4, 0.5) is 4.79 Å². The van der Waals surface area contributed by atoms with Crippen molar-refractivity contribution in [3.05, 3.63) is 0 Å². The second kappa shape index (κ2) is 13.4. The third-order valence-corrected chi connectivity index (χ3v) is 5.27. The fourth-order valence-electron chi connectivity index (χ4n) is 3.81. The Bertz CT molecular complexity index is 455. The molecule has 2 aliphatic rings. The summed E-state index contributed by atoms with van der Waals surface area (Å²) in [4.78, 5) is 20.5. The van der Waals surface area contributed by atoms with Crippen LogP contribution in [0.15, 0.2) is 4.99 Å². The molecule has 0 aromatic rings. The van der Waals surface area contributed by atoms with Gasteiger partial charge in [-0.1, -0.05) is 6.92 Å². The van der Waals surface area contributed by atoms with Crippen molar-refractivity contribution >= 4 is 36.0 Å². The van der Waals surface area contributed by atoms with Gasteiger partial charge in [0, 0.05) is 39.3 Å². The van der Waals surface area contributed by atoms with E-state index in [1.165, 1.54) is 25.9 Å². The molecule has 27 heavy (non-hydrogen) atoms. The molecule has 1 amide bonds. The van der Waals surface area contributed by atoms with Crippen molar-refractivity contribution in [1.29, 1.82) is 0 Å². The largest absolute Gasteiger partial charge is 0.450 e. The minimum atomic E-state index is -0.194. The highest BCUT2D eigenvalue weighted by Gasteiger charge is 2.24. The summed E-state index contributed by atoms with van der Waals surface area (Å²) in [6.07, 6.45) is 5.49. The molecule has 0 aliphatic carbocycles. The Labute approximate surface area is 181 Å². The maximum Gasteiger partial charge on any atom is 0.409 e. The number of nitrogens with zero attached hydrogens (tertiary/aromatic N) is 3. The SMILES string of the molecule is CCOC(=O)N1CCC(NC(=NC)NCCCN2CCCC(C)C2)CC1.I. The quantitative estimate of drug-likeness (QED) is 0.257. The highest BCUT2D eigenvalue weighted by molar-refractivity contribution is 14.0. The number of nitrogens with one attached hydrogen (secondary N) is 2. The number of guanidine groups is 1. The number of hydrogen-bond acceptors (Lipinski definition) is 4. The molecule has 158 valence electrons. The predicted octanol–water partition coefficient (Wildman–Crippen LogP) is 2.51. The molecule has 0 aromatic carbocycles. The zero-order chi connectivity index (χ0) is 18.8. The van der Waals surface area contributed by atoms with E-state index in [4.69, 9.17) is 4.74 Å². The summed E-state index contributed by atoms with van der Waals surface area (Å²) in [6.45, 7) is 10.7. The van der Waals surface area contributed by atoms with Gasteiger partial charge in [0.15, 0.2) is 5.96 Å². The lowest BCUT2D eigenvalue weighted by atomic mass is 10.0. The second-order valence-electron chi connectivity index (χ2n) is 7.51. The lowest BCUT2D eigenvalue weighted by Crippen LogP contribution is -2.50. The van der Waals surface area contributed by atoms with Gasteiger partial charge in [-0.2, -0.15) is 0 Å². The van der Waals surface area contributed by atoms with Crippen LogP contribution in [0.1, 0.15) is 46.0 Å². The molecule has 0 bridgehead atoms. The van der Waals surface area contributed by atoms with E-state index in [2.05, 4.69) is 27.4 Å². The molecule has 0 radical (unpaired) electrons. The summed E-state index contributed by atoms with van der Waals surface area (Å²) in [5, 5.41) is 6.92. The van der Waals surface area contributed by atoms with Crippen molar-refractivity contribution in [2.45, 2.75) is 52.0 Å². The third kappa shape index (κ3) is 8.85. The van der Waals surface area contributed by atoms with Crippen LogP contribution in [0.2, 0.25) is 0 Å². The van der Waals surface area contributed by atoms with Crippen LogP contribution in [0.25, 0.3) is 0 Å². The first-order chi connectivity index (χ1) is 12.6. The summed E-state index contributed by atoms with van der Waals surface area (Å²) in [5.74, 6) is 1.71. The van der Waals surface area contributed by atoms with E-state index >= 15 is 0 Å². The van der Waals surface area contributed by atoms with Crippen LogP contribution in [0, 0.1) is 5.92 Å². The number of rotatable bonds is 6. The Hall–Kier alpha value is -0.770. The lowest BCUT2D eigenvalue weighted by Gasteiger charge is -2.32. The smallest absolute Gasteiger partial charge is 0.409 e. The fraction of sp³-hybridized carbons (Fsp3) is 0.895. The van der Waals surface area contributed by atoms with Crippen molar-refractivity contribution in [2.24, 2.45) is 10.9 Å². The molecule has 0 saturated carbocycles. The Morgan fingerprint density at radius 2 is 1.96 bits per heavy atom. The van der Waals surface area contributed by atoms with E-state index in [9.17, 15) is 4.79 Å². The van der Waals surface area contributed by atoms with E-state index in [0.717, 1.165) is 57.3 Å². The summed E-state index contributed by atoms with van der Waals surface area (Å²) in [7, 11) is 1.81. The first-order valence-corrected chi connectivity index (χ1v) is 10.2. The van der Waals surface area contributed by atoms with E-state index in [1.54, 1.807) is 4.90 Å². The molecule has 0 spiro atoms. The first kappa shape index (κ1) is 24.3. The maximum atomic E-state index is 11.8. The number of likely N-dealkylation sites (tertiary alicyclic amines) is 2. The molecule has 1 atom stereocenters. The monoisotopic (exact) mass is 495 g/mol. The molecule has 7 nitrogen and oxygen atoms in total. The van der Waals surface area contributed by atoms with Crippen molar-refractivity contribution in [2.75, 3.05) is 52.9 Å². The molecular formula is C19H38IN5O2. The number of carbonyl (C=O) groups is 1. The fourth-order valence-corrected chi connectivity index (χ4v) is 3.81. The van der Waals surface area contributed by atoms with Gasteiger partial charge in [-0.15, -0.1) is 24.0 Å². The van der Waals surface area contributed by atoms with E-state index in [1.807, 2.05) is 14.0 Å². The zero-order valence-corrected chi connectivity index (χ0v) is 19.5. The van der Waals surface area contributed by atoms with Crippen LogP contribution >= 0.6 is 24.0 Å². The standard InChI is InChI=1S/C19H37N5O2.HI/c1-4-26-19(25)24-13-8-17(9-14-24)22-18(20-3)21-10-6-12-23-11-5-7-16(2)15-23;/h16-17H,4-15H2,1-3H3,(H2,20,21,22);1H. The average Bonchev–Trinajstić information content (AvgIpc) is 2.65. The minimum absolute atomic E-state index is 0. The van der Waals surface area contributed by atoms with Gasteiger partial charge in [0.25, 0.3) is 0 Å². The number of aliphatic imine (C=N–C) groups is 1.